The van der Waals surface area contributed by atoms with Gasteiger partial charge in [-0.05, 0) is 46.3 Å². The first-order chi connectivity index (χ1) is 7.06. The zero-order chi connectivity index (χ0) is 11.1. The summed E-state index contributed by atoms with van der Waals surface area (Å²) in [6.45, 7) is 2.10. The van der Waals surface area contributed by atoms with Crippen molar-refractivity contribution in [1.29, 1.82) is 0 Å². The van der Waals surface area contributed by atoms with E-state index in [0.717, 1.165) is 25.9 Å². The molecule has 2 fully saturated rings. The summed E-state index contributed by atoms with van der Waals surface area (Å²) in [6.07, 6.45) is 3.94. The molecule has 4 heteroatoms. The van der Waals surface area contributed by atoms with E-state index >= 15 is 0 Å². The Kier molecular flexibility index (Phi) is 2.73. The average molecular weight is 212 g/mol. The maximum absolute atomic E-state index is 11.4. The second kappa shape index (κ2) is 3.76. The number of nitrogens with zero attached hydrogens (tertiary/aromatic N) is 2. The third-order valence-electron chi connectivity index (χ3n) is 4.14. The Labute approximate surface area is 90.9 Å². The summed E-state index contributed by atoms with van der Waals surface area (Å²) in [7, 11) is 3.78. The van der Waals surface area contributed by atoms with E-state index in [2.05, 4.69) is 4.90 Å². The Balaban J connectivity index is 2.17. The van der Waals surface area contributed by atoms with Crippen molar-refractivity contribution in [1.82, 2.24) is 9.80 Å². The van der Waals surface area contributed by atoms with Crippen molar-refractivity contribution in [3.05, 3.63) is 0 Å². The summed E-state index contributed by atoms with van der Waals surface area (Å²) in [6, 6.07) is 0.497. The monoisotopic (exact) mass is 212 g/mol. The minimum atomic E-state index is -0.654. The van der Waals surface area contributed by atoms with Crippen molar-refractivity contribution in [2.75, 3.05) is 27.2 Å². The molecule has 2 atom stereocenters. The van der Waals surface area contributed by atoms with Gasteiger partial charge in [0.2, 0.25) is 0 Å². The SMILES string of the molecule is CN(C)C1(C(=O)O)CCN2CCCC2C1. The Hall–Kier alpha value is -0.610. The quantitative estimate of drug-likeness (QED) is 0.729. The highest BCUT2D eigenvalue weighted by Gasteiger charge is 2.48. The summed E-state index contributed by atoms with van der Waals surface area (Å²) in [5.74, 6) is -0.654. The molecule has 2 rings (SSSR count). The number of carboxylic acids is 1. The standard InChI is InChI=1S/C11H20N2O2/c1-12(2)11(10(14)15)5-7-13-6-3-4-9(13)8-11/h9H,3-8H2,1-2H3,(H,14,15). The van der Waals surface area contributed by atoms with Gasteiger partial charge in [-0.1, -0.05) is 0 Å². The molecule has 2 heterocycles. The third-order valence-corrected chi connectivity index (χ3v) is 4.14. The van der Waals surface area contributed by atoms with Crippen LogP contribution in [0, 0.1) is 0 Å². The van der Waals surface area contributed by atoms with Crippen molar-refractivity contribution in [3.8, 4) is 0 Å². The van der Waals surface area contributed by atoms with Crippen molar-refractivity contribution in [2.24, 2.45) is 0 Å². The molecule has 0 aromatic heterocycles. The maximum Gasteiger partial charge on any atom is 0.324 e. The topological polar surface area (TPSA) is 43.8 Å². The van der Waals surface area contributed by atoms with Crippen LogP contribution in [0.3, 0.4) is 0 Å². The number of carbonyl (C=O) groups is 1. The molecule has 0 amide bonds. The fraction of sp³-hybridized carbons (Fsp3) is 0.909. The van der Waals surface area contributed by atoms with Gasteiger partial charge < -0.3 is 10.0 Å². The van der Waals surface area contributed by atoms with Crippen LogP contribution in [0.15, 0.2) is 0 Å². The molecule has 0 aliphatic carbocycles. The van der Waals surface area contributed by atoms with E-state index in [9.17, 15) is 9.90 Å². The first-order valence-electron chi connectivity index (χ1n) is 5.71. The van der Waals surface area contributed by atoms with Gasteiger partial charge in [0.15, 0.2) is 0 Å². The lowest BCUT2D eigenvalue weighted by Gasteiger charge is -2.45. The normalized spacial score (nSPS) is 36.9. The van der Waals surface area contributed by atoms with Crippen molar-refractivity contribution >= 4 is 5.97 Å². The number of hydrogen-bond acceptors (Lipinski definition) is 3. The summed E-state index contributed by atoms with van der Waals surface area (Å²) in [5.41, 5.74) is -0.620. The first kappa shape index (κ1) is 10.9. The summed E-state index contributed by atoms with van der Waals surface area (Å²) in [4.78, 5) is 15.8. The second-order valence-corrected chi connectivity index (χ2v) is 5.02. The van der Waals surface area contributed by atoms with Crippen LogP contribution in [0.25, 0.3) is 0 Å². The van der Waals surface area contributed by atoms with Crippen LogP contribution < -0.4 is 0 Å². The molecule has 2 saturated heterocycles. The lowest BCUT2D eigenvalue weighted by atomic mass is 9.82. The van der Waals surface area contributed by atoms with Crippen LogP contribution in [-0.2, 0) is 4.79 Å². The largest absolute Gasteiger partial charge is 0.480 e. The fourth-order valence-corrected chi connectivity index (χ4v) is 3.03. The summed E-state index contributed by atoms with van der Waals surface area (Å²) < 4.78 is 0. The van der Waals surface area contributed by atoms with E-state index < -0.39 is 11.5 Å². The molecule has 0 aromatic carbocycles. The van der Waals surface area contributed by atoms with E-state index in [-0.39, 0.29) is 0 Å². The molecule has 2 unspecified atom stereocenters. The molecule has 2 aliphatic heterocycles. The second-order valence-electron chi connectivity index (χ2n) is 5.02. The zero-order valence-electron chi connectivity index (χ0n) is 9.57. The lowest BCUT2D eigenvalue weighted by Crippen LogP contribution is -2.59. The van der Waals surface area contributed by atoms with Gasteiger partial charge in [-0.3, -0.25) is 9.69 Å². The van der Waals surface area contributed by atoms with Crippen LogP contribution in [0.1, 0.15) is 25.7 Å². The molecule has 4 nitrogen and oxygen atoms in total. The minimum absolute atomic E-state index is 0.497. The molecule has 0 aromatic rings. The summed E-state index contributed by atoms with van der Waals surface area (Å²) in [5, 5.41) is 9.42. The predicted molar refractivity (Wildman–Crippen MR) is 57.9 cm³/mol. The molecular weight excluding hydrogens is 192 g/mol. The van der Waals surface area contributed by atoms with Gasteiger partial charge in [0, 0.05) is 12.6 Å². The fourth-order valence-electron chi connectivity index (χ4n) is 3.03. The smallest absolute Gasteiger partial charge is 0.324 e. The van der Waals surface area contributed by atoms with Crippen molar-refractivity contribution in [2.45, 2.75) is 37.3 Å². The van der Waals surface area contributed by atoms with E-state index in [4.69, 9.17) is 0 Å². The molecule has 15 heavy (non-hydrogen) atoms. The molecular formula is C11H20N2O2. The van der Waals surface area contributed by atoms with Gasteiger partial charge in [-0.2, -0.15) is 0 Å². The summed E-state index contributed by atoms with van der Waals surface area (Å²) >= 11 is 0. The number of aliphatic carboxylic acids is 1. The number of hydrogen-bond donors (Lipinski definition) is 1. The van der Waals surface area contributed by atoms with Crippen molar-refractivity contribution < 1.29 is 9.90 Å². The Morgan fingerprint density at radius 3 is 2.80 bits per heavy atom. The van der Waals surface area contributed by atoms with E-state index in [1.807, 2.05) is 19.0 Å². The van der Waals surface area contributed by atoms with E-state index in [1.165, 1.54) is 12.8 Å². The number of likely N-dealkylation sites (N-methyl/N-ethyl adjacent to an activating group) is 1. The van der Waals surface area contributed by atoms with Crippen LogP contribution in [-0.4, -0.2) is 59.6 Å². The van der Waals surface area contributed by atoms with Crippen molar-refractivity contribution in [3.63, 3.8) is 0 Å². The molecule has 2 aliphatic rings. The molecule has 86 valence electrons. The van der Waals surface area contributed by atoms with Crippen LogP contribution in [0.5, 0.6) is 0 Å². The van der Waals surface area contributed by atoms with E-state index in [0.29, 0.717) is 6.04 Å². The Bertz CT molecular complexity index is 267. The van der Waals surface area contributed by atoms with Gasteiger partial charge in [0.05, 0.1) is 0 Å². The van der Waals surface area contributed by atoms with Gasteiger partial charge in [-0.25, -0.2) is 0 Å². The van der Waals surface area contributed by atoms with Gasteiger partial charge >= 0.3 is 5.97 Å². The predicted octanol–water partition coefficient (Wildman–Crippen LogP) is 0.630. The van der Waals surface area contributed by atoms with E-state index in [1.54, 1.807) is 0 Å². The van der Waals surface area contributed by atoms with Gasteiger partial charge in [0.25, 0.3) is 0 Å². The number of piperidine rings is 1. The molecule has 0 bridgehead atoms. The number of carboxylic acid groups (broad SMARTS) is 1. The Morgan fingerprint density at radius 1 is 1.47 bits per heavy atom. The maximum atomic E-state index is 11.4. The lowest BCUT2D eigenvalue weighted by molar-refractivity contribution is -0.154. The van der Waals surface area contributed by atoms with Gasteiger partial charge in [-0.15, -0.1) is 0 Å². The Morgan fingerprint density at radius 2 is 2.20 bits per heavy atom. The third kappa shape index (κ3) is 1.66. The molecule has 0 radical (unpaired) electrons. The van der Waals surface area contributed by atoms with Crippen LogP contribution >= 0.6 is 0 Å². The first-order valence-corrected chi connectivity index (χ1v) is 5.71. The van der Waals surface area contributed by atoms with Crippen LogP contribution in [0.4, 0.5) is 0 Å². The number of rotatable bonds is 2. The molecule has 0 spiro atoms. The van der Waals surface area contributed by atoms with Crippen LogP contribution in [0.2, 0.25) is 0 Å². The molecule has 0 saturated carbocycles. The zero-order valence-corrected chi connectivity index (χ0v) is 9.57. The average Bonchev–Trinajstić information content (AvgIpc) is 2.62. The molecule has 1 N–H and O–H groups in total. The minimum Gasteiger partial charge on any atom is -0.480 e. The highest BCUT2D eigenvalue weighted by molar-refractivity contribution is 5.79. The van der Waals surface area contributed by atoms with Gasteiger partial charge in [0.1, 0.15) is 5.54 Å². The number of fused-ring (bicyclic) bond motifs is 1. The highest BCUT2D eigenvalue weighted by Crippen LogP contribution is 2.35. The highest BCUT2D eigenvalue weighted by atomic mass is 16.4.